The van der Waals surface area contributed by atoms with Crippen molar-refractivity contribution in [3.63, 3.8) is 0 Å². The smallest absolute Gasteiger partial charge is 0.348 e. The van der Waals surface area contributed by atoms with Gasteiger partial charge in [-0.2, -0.15) is 0 Å². The Kier molecular flexibility index (Phi) is 4.69. The molecule has 18 heavy (non-hydrogen) atoms. The molecule has 7 N–H and O–H groups in total. The lowest BCUT2D eigenvalue weighted by Gasteiger charge is -1.87. The highest BCUT2D eigenvalue weighted by Gasteiger charge is 2.07. The Morgan fingerprint density at radius 3 is 1.61 bits per heavy atom. The van der Waals surface area contributed by atoms with Crippen LogP contribution in [-0.4, -0.2) is 17.0 Å². The van der Waals surface area contributed by atoms with Crippen molar-refractivity contribution in [3.05, 3.63) is 32.6 Å². The van der Waals surface area contributed by atoms with E-state index in [2.05, 4.69) is 0 Å². The molecule has 0 spiro atoms. The van der Waals surface area contributed by atoms with Gasteiger partial charge in [0.15, 0.2) is 0 Å². The fourth-order valence-electron chi connectivity index (χ4n) is 1.01. The van der Waals surface area contributed by atoms with E-state index in [0.29, 0.717) is 16.3 Å². The number of carbonyl (C=O) groups excluding carboxylic acids is 1. The summed E-state index contributed by atoms with van der Waals surface area (Å²) in [6, 6.07) is 3.24. The first-order valence-corrected chi connectivity index (χ1v) is 6.38. The lowest BCUT2D eigenvalue weighted by atomic mass is 10.4. The first kappa shape index (κ1) is 14.0. The Labute approximate surface area is 111 Å². The van der Waals surface area contributed by atoms with Crippen molar-refractivity contribution in [1.82, 2.24) is 0 Å². The fraction of sp³-hybridized carbons (Fsp3) is 0. The van der Waals surface area contributed by atoms with Gasteiger partial charge in [-0.3, -0.25) is 4.79 Å². The Morgan fingerprint density at radius 2 is 1.44 bits per heavy atom. The van der Waals surface area contributed by atoms with E-state index in [1.807, 2.05) is 0 Å². The average Bonchev–Trinajstić information content (AvgIpc) is 2.87. The molecule has 96 valence electrons. The summed E-state index contributed by atoms with van der Waals surface area (Å²) in [7, 11) is 0. The number of aromatic carboxylic acids is 1. The molecule has 0 atom stereocenters. The minimum atomic E-state index is -0.956. The number of carboxylic acids is 1. The molecule has 0 unspecified atom stereocenters. The van der Waals surface area contributed by atoms with Crippen molar-refractivity contribution in [2.45, 2.75) is 0 Å². The molecular weight excluding hydrogens is 274 g/mol. The molecule has 0 saturated heterocycles. The minimum absolute atomic E-state index is 0.218. The molecule has 0 bridgehead atoms. The first-order valence-electron chi connectivity index (χ1n) is 4.62. The second-order valence-electron chi connectivity index (χ2n) is 3.08. The molecule has 2 aromatic rings. The van der Waals surface area contributed by atoms with E-state index in [4.69, 9.17) is 22.3 Å². The van der Waals surface area contributed by atoms with Crippen LogP contribution < -0.4 is 17.2 Å². The quantitative estimate of drug-likeness (QED) is 0.663. The van der Waals surface area contributed by atoms with Gasteiger partial charge in [0.1, 0.15) is 9.75 Å². The summed E-state index contributed by atoms with van der Waals surface area (Å²) in [6.07, 6.45) is 0. The highest BCUT2D eigenvalue weighted by atomic mass is 32.1. The van der Waals surface area contributed by atoms with Crippen LogP contribution in [0.25, 0.3) is 0 Å². The molecule has 0 saturated carbocycles. The maximum atomic E-state index is 10.4. The lowest BCUT2D eigenvalue weighted by molar-refractivity contribution is 0.0703. The molecule has 0 aliphatic carbocycles. The van der Waals surface area contributed by atoms with Gasteiger partial charge in [-0.1, -0.05) is 0 Å². The standard InChI is InChI=1S/C5H6N2OS.C5H5NO2S/c2*6-3-1-2-9-4(3)5(7)8/h1-2H,6H2,(H2,7,8);1-2H,6H2,(H,7,8). The van der Waals surface area contributed by atoms with E-state index in [9.17, 15) is 9.59 Å². The van der Waals surface area contributed by atoms with Crippen LogP contribution in [0.4, 0.5) is 11.4 Å². The van der Waals surface area contributed by atoms with Crippen molar-refractivity contribution in [3.8, 4) is 0 Å². The lowest BCUT2D eigenvalue weighted by Crippen LogP contribution is -2.10. The van der Waals surface area contributed by atoms with Crippen LogP contribution in [0.5, 0.6) is 0 Å². The van der Waals surface area contributed by atoms with E-state index >= 15 is 0 Å². The Balaban J connectivity index is 0.000000180. The van der Waals surface area contributed by atoms with E-state index in [0.717, 1.165) is 11.3 Å². The second-order valence-corrected chi connectivity index (χ2v) is 4.91. The Morgan fingerprint density at radius 1 is 1.00 bits per heavy atom. The SMILES string of the molecule is NC(=O)c1sccc1N.Nc1ccsc1C(=O)O. The molecule has 0 radical (unpaired) electrons. The van der Waals surface area contributed by atoms with Crippen LogP contribution in [0, 0.1) is 0 Å². The topological polar surface area (TPSA) is 132 Å². The molecule has 2 aromatic heterocycles. The van der Waals surface area contributed by atoms with Gasteiger partial charge in [-0.25, -0.2) is 4.79 Å². The third-order valence-electron chi connectivity index (χ3n) is 1.81. The van der Waals surface area contributed by atoms with Crippen LogP contribution in [0.1, 0.15) is 19.3 Å². The molecule has 0 aliphatic rings. The van der Waals surface area contributed by atoms with E-state index in [-0.39, 0.29) is 4.88 Å². The summed E-state index contributed by atoms with van der Waals surface area (Å²) in [5, 5.41) is 11.8. The third kappa shape index (κ3) is 3.47. The molecule has 0 aromatic carbocycles. The summed E-state index contributed by atoms with van der Waals surface area (Å²) >= 11 is 2.39. The summed E-state index contributed by atoms with van der Waals surface area (Å²) in [4.78, 5) is 21.3. The first-order chi connectivity index (χ1) is 8.43. The molecule has 2 heterocycles. The molecular formula is C10H11N3O3S2. The monoisotopic (exact) mass is 285 g/mol. The number of nitrogen functional groups attached to an aromatic ring is 2. The van der Waals surface area contributed by atoms with E-state index in [1.165, 1.54) is 11.3 Å². The maximum absolute atomic E-state index is 10.4. The van der Waals surface area contributed by atoms with Gasteiger partial charge in [-0.05, 0) is 22.9 Å². The van der Waals surface area contributed by atoms with Crippen LogP contribution in [0.15, 0.2) is 22.9 Å². The normalized spacial score (nSPS) is 9.33. The number of thiophene rings is 2. The minimum Gasteiger partial charge on any atom is -0.477 e. The molecule has 8 heteroatoms. The zero-order valence-electron chi connectivity index (χ0n) is 9.12. The van der Waals surface area contributed by atoms with Gasteiger partial charge in [0, 0.05) is 0 Å². The molecule has 2 rings (SSSR count). The summed E-state index contributed by atoms with van der Waals surface area (Å²) in [5.41, 5.74) is 16.4. The van der Waals surface area contributed by atoms with Crippen molar-refractivity contribution in [2.24, 2.45) is 5.73 Å². The van der Waals surface area contributed by atoms with Crippen LogP contribution in [0.3, 0.4) is 0 Å². The van der Waals surface area contributed by atoms with Gasteiger partial charge in [0.2, 0.25) is 0 Å². The number of hydrogen-bond donors (Lipinski definition) is 4. The number of carbonyl (C=O) groups is 2. The Bertz CT molecular complexity index is 512. The van der Waals surface area contributed by atoms with Crippen LogP contribution >= 0.6 is 22.7 Å². The van der Waals surface area contributed by atoms with E-state index < -0.39 is 11.9 Å². The summed E-state index contributed by atoms with van der Waals surface area (Å²) in [6.45, 7) is 0. The van der Waals surface area contributed by atoms with Gasteiger partial charge in [-0.15, -0.1) is 22.7 Å². The van der Waals surface area contributed by atoms with Crippen molar-refractivity contribution < 1.29 is 14.7 Å². The number of primary amides is 1. The molecule has 0 fully saturated rings. The molecule has 1 amide bonds. The van der Waals surface area contributed by atoms with Crippen LogP contribution in [0.2, 0.25) is 0 Å². The predicted molar refractivity (Wildman–Crippen MR) is 72.9 cm³/mol. The number of carboxylic acid groups (broad SMARTS) is 1. The zero-order chi connectivity index (χ0) is 13.7. The largest absolute Gasteiger partial charge is 0.477 e. The van der Waals surface area contributed by atoms with Gasteiger partial charge < -0.3 is 22.3 Å². The summed E-state index contributed by atoms with van der Waals surface area (Å²) in [5.74, 6) is -1.41. The number of nitrogens with two attached hydrogens (primary N) is 3. The van der Waals surface area contributed by atoms with Crippen LogP contribution in [-0.2, 0) is 0 Å². The van der Waals surface area contributed by atoms with Crippen molar-refractivity contribution in [1.29, 1.82) is 0 Å². The van der Waals surface area contributed by atoms with Crippen molar-refractivity contribution >= 4 is 45.9 Å². The highest BCUT2D eigenvalue weighted by molar-refractivity contribution is 7.13. The summed E-state index contributed by atoms with van der Waals surface area (Å²) < 4.78 is 0. The highest BCUT2D eigenvalue weighted by Crippen LogP contribution is 2.18. The average molecular weight is 285 g/mol. The molecule has 6 nitrogen and oxygen atoms in total. The van der Waals surface area contributed by atoms with E-state index in [1.54, 1.807) is 22.9 Å². The number of rotatable bonds is 2. The second kappa shape index (κ2) is 6.03. The van der Waals surface area contributed by atoms with Gasteiger partial charge in [0.05, 0.1) is 11.4 Å². The Hall–Kier alpha value is -2.06. The number of hydrogen-bond acceptors (Lipinski definition) is 6. The molecule has 0 aliphatic heterocycles. The third-order valence-corrected chi connectivity index (χ3v) is 3.67. The van der Waals surface area contributed by atoms with Crippen molar-refractivity contribution in [2.75, 3.05) is 11.5 Å². The number of anilines is 2. The fourth-order valence-corrected chi connectivity index (χ4v) is 2.34. The van der Waals surface area contributed by atoms with Gasteiger partial charge >= 0.3 is 5.97 Å². The number of amides is 1. The van der Waals surface area contributed by atoms with Gasteiger partial charge in [0.25, 0.3) is 5.91 Å². The zero-order valence-corrected chi connectivity index (χ0v) is 10.8. The maximum Gasteiger partial charge on any atom is 0.348 e. The predicted octanol–water partition coefficient (Wildman–Crippen LogP) is 1.46.